The summed E-state index contributed by atoms with van der Waals surface area (Å²) in [6, 6.07) is 18.4. The third-order valence-electron chi connectivity index (χ3n) is 6.36. The molecule has 9 heteroatoms. The summed E-state index contributed by atoms with van der Waals surface area (Å²) in [6.07, 6.45) is 0.758. The number of hydrogen-bond acceptors (Lipinski definition) is 7. The molecule has 0 unspecified atom stereocenters. The molecule has 1 aliphatic heterocycles. The standard InChI is InChI=1S/C27H34N6O3/c1-20(2)21-8-10-22(11-9-21)27-28-26(36-31-27)13-12-24(34)29-30-25(35)14-15-32-16-18-33(19-17-32)23-6-4-3-5-7-23/h3-11,20H,12-19H2,1-2H3,(H,29,34)(H,30,35). The molecule has 190 valence electrons. The Balaban J connectivity index is 1.11. The Morgan fingerprint density at radius 2 is 1.58 bits per heavy atom. The predicted octanol–water partition coefficient (Wildman–Crippen LogP) is 3.15. The smallest absolute Gasteiger partial charge is 0.239 e. The molecule has 0 atom stereocenters. The van der Waals surface area contributed by atoms with Gasteiger partial charge in [0.2, 0.25) is 23.5 Å². The Morgan fingerprint density at radius 1 is 0.917 bits per heavy atom. The van der Waals surface area contributed by atoms with Gasteiger partial charge in [0.15, 0.2) is 0 Å². The molecule has 0 radical (unpaired) electrons. The first-order valence-electron chi connectivity index (χ1n) is 12.5. The van der Waals surface area contributed by atoms with Gasteiger partial charge in [0.25, 0.3) is 0 Å². The molecule has 2 aromatic carbocycles. The van der Waals surface area contributed by atoms with E-state index in [1.54, 1.807) is 0 Å². The van der Waals surface area contributed by atoms with E-state index in [1.807, 2.05) is 30.3 Å². The Morgan fingerprint density at radius 3 is 2.25 bits per heavy atom. The Hall–Kier alpha value is -3.72. The van der Waals surface area contributed by atoms with Crippen molar-refractivity contribution >= 4 is 17.5 Å². The van der Waals surface area contributed by atoms with Crippen LogP contribution in [0.4, 0.5) is 5.69 Å². The predicted molar refractivity (Wildman–Crippen MR) is 138 cm³/mol. The van der Waals surface area contributed by atoms with Crippen LogP contribution in [0.5, 0.6) is 0 Å². The third kappa shape index (κ3) is 7.14. The molecule has 1 fully saturated rings. The van der Waals surface area contributed by atoms with E-state index in [1.165, 1.54) is 11.3 Å². The van der Waals surface area contributed by atoms with Crippen LogP contribution in [0.15, 0.2) is 59.1 Å². The number of para-hydroxylation sites is 1. The maximum Gasteiger partial charge on any atom is 0.239 e. The van der Waals surface area contributed by atoms with Crippen molar-refractivity contribution in [2.45, 2.75) is 39.0 Å². The summed E-state index contributed by atoms with van der Waals surface area (Å²) in [5, 5.41) is 4.01. The first kappa shape index (κ1) is 25.4. The van der Waals surface area contributed by atoms with Gasteiger partial charge in [0.1, 0.15) is 0 Å². The molecule has 9 nitrogen and oxygen atoms in total. The number of rotatable bonds is 9. The fourth-order valence-electron chi connectivity index (χ4n) is 4.10. The molecule has 3 aromatic rings. The number of carbonyl (C=O) groups is 2. The van der Waals surface area contributed by atoms with Crippen molar-refractivity contribution in [3.05, 3.63) is 66.1 Å². The van der Waals surface area contributed by atoms with Crippen LogP contribution in [0.25, 0.3) is 11.4 Å². The van der Waals surface area contributed by atoms with Crippen LogP contribution >= 0.6 is 0 Å². The monoisotopic (exact) mass is 490 g/mol. The highest BCUT2D eigenvalue weighted by molar-refractivity contribution is 5.82. The molecule has 2 heterocycles. The second-order valence-corrected chi connectivity index (χ2v) is 9.30. The van der Waals surface area contributed by atoms with Crippen LogP contribution in [0.1, 0.15) is 44.1 Å². The van der Waals surface area contributed by atoms with Crippen LogP contribution in [0.2, 0.25) is 0 Å². The van der Waals surface area contributed by atoms with Gasteiger partial charge in [-0.05, 0) is 23.6 Å². The van der Waals surface area contributed by atoms with Gasteiger partial charge in [-0.1, -0.05) is 61.5 Å². The lowest BCUT2D eigenvalue weighted by molar-refractivity contribution is -0.129. The van der Waals surface area contributed by atoms with E-state index < -0.39 is 0 Å². The lowest BCUT2D eigenvalue weighted by Crippen LogP contribution is -2.48. The Labute approximate surface area is 211 Å². The zero-order valence-corrected chi connectivity index (χ0v) is 20.9. The molecule has 1 saturated heterocycles. The van der Waals surface area contributed by atoms with Crippen LogP contribution in [-0.2, 0) is 16.0 Å². The highest BCUT2D eigenvalue weighted by Crippen LogP contribution is 2.21. The van der Waals surface area contributed by atoms with E-state index in [9.17, 15) is 9.59 Å². The fourth-order valence-corrected chi connectivity index (χ4v) is 4.10. The van der Waals surface area contributed by atoms with Crippen molar-refractivity contribution in [1.29, 1.82) is 0 Å². The lowest BCUT2D eigenvalue weighted by atomic mass is 10.0. The number of nitrogens with one attached hydrogen (secondary N) is 2. The summed E-state index contributed by atoms with van der Waals surface area (Å²) in [5.74, 6) is 0.821. The van der Waals surface area contributed by atoms with Gasteiger partial charge in [-0.2, -0.15) is 4.98 Å². The molecule has 0 saturated carbocycles. The van der Waals surface area contributed by atoms with Crippen LogP contribution in [0.3, 0.4) is 0 Å². The number of piperazine rings is 1. The van der Waals surface area contributed by atoms with Crippen molar-refractivity contribution in [3.63, 3.8) is 0 Å². The number of nitrogens with zero attached hydrogens (tertiary/aromatic N) is 4. The first-order chi connectivity index (χ1) is 17.5. The second kappa shape index (κ2) is 12.3. The maximum absolute atomic E-state index is 12.2. The van der Waals surface area contributed by atoms with Gasteiger partial charge in [0, 0.05) is 63.2 Å². The van der Waals surface area contributed by atoms with Crippen molar-refractivity contribution in [2.75, 3.05) is 37.6 Å². The lowest BCUT2D eigenvalue weighted by Gasteiger charge is -2.36. The molecule has 0 spiro atoms. The highest BCUT2D eigenvalue weighted by atomic mass is 16.5. The topological polar surface area (TPSA) is 104 Å². The summed E-state index contributed by atoms with van der Waals surface area (Å²) in [5.41, 5.74) is 8.31. The zero-order chi connectivity index (χ0) is 25.3. The molecular formula is C27H34N6O3. The Kier molecular flexibility index (Phi) is 8.67. The number of hydrogen-bond donors (Lipinski definition) is 2. The average Bonchev–Trinajstić information content (AvgIpc) is 3.39. The van der Waals surface area contributed by atoms with Crippen molar-refractivity contribution in [1.82, 2.24) is 25.9 Å². The zero-order valence-electron chi connectivity index (χ0n) is 20.9. The molecule has 2 amide bonds. The van der Waals surface area contributed by atoms with Gasteiger partial charge in [-0.15, -0.1) is 0 Å². The van der Waals surface area contributed by atoms with Crippen LogP contribution in [-0.4, -0.2) is 59.6 Å². The fraction of sp³-hybridized carbons (Fsp3) is 0.407. The number of amides is 2. The van der Waals surface area contributed by atoms with Gasteiger partial charge >= 0.3 is 0 Å². The van der Waals surface area contributed by atoms with Crippen LogP contribution in [0, 0.1) is 0 Å². The van der Waals surface area contributed by atoms with E-state index in [0.29, 0.717) is 37.0 Å². The van der Waals surface area contributed by atoms with Gasteiger partial charge in [-0.3, -0.25) is 25.3 Å². The summed E-state index contributed by atoms with van der Waals surface area (Å²) in [7, 11) is 0. The quantitative estimate of drug-likeness (QED) is 0.444. The normalized spacial score (nSPS) is 14.1. The summed E-state index contributed by atoms with van der Waals surface area (Å²) in [6.45, 7) is 8.62. The van der Waals surface area contributed by atoms with Gasteiger partial charge in [0.05, 0.1) is 0 Å². The molecule has 1 aliphatic rings. The van der Waals surface area contributed by atoms with E-state index in [0.717, 1.165) is 31.7 Å². The van der Waals surface area contributed by atoms with Gasteiger partial charge in [-0.25, -0.2) is 0 Å². The van der Waals surface area contributed by atoms with Crippen LogP contribution < -0.4 is 15.8 Å². The molecule has 36 heavy (non-hydrogen) atoms. The third-order valence-corrected chi connectivity index (χ3v) is 6.36. The minimum absolute atomic E-state index is 0.135. The van der Waals surface area contributed by atoms with Crippen molar-refractivity contribution in [3.8, 4) is 11.4 Å². The highest BCUT2D eigenvalue weighted by Gasteiger charge is 2.18. The van der Waals surface area contributed by atoms with E-state index >= 15 is 0 Å². The summed E-state index contributed by atoms with van der Waals surface area (Å²) >= 11 is 0. The average molecular weight is 491 g/mol. The molecule has 1 aromatic heterocycles. The summed E-state index contributed by atoms with van der Waals surface area (Å²) < 4.78 is 5.28. The first-order valence-corrected chi connectivity index (χ1v) is 12.5. The molecular weight excluding hydrogens is 456 g/mol. The number of hydrazine groups is 1. The van der Waals surface area contributed by atoms with Gasteiger partial charge < -0.3 is 9.42 Å². The number of aryl methyl sites for hydroxylation is 1. The van der Waals surface area contributed by atoms with Crippen molar-refractivity contribution in [2.24, 2.45) is 0 Å². The number of anilines is 1. The SMILES string of the molecule is CC(C)c1ccc(-c2noc(CCC(=O)NNC(=O)CCN3CCN(c4ccccc4)CC3)n2)cc1. The number of aromatic nitrogens is 2. The maximum atomic E-state index is 12.2. The molecule has 4 rings (SSSR count). The Bertz CT molecular complexity index is 1120. The van der Waals surface area contributed by atoms with E-state index in [-0.39, 0.29) is 18.2 Å². The van der Waals surface area contributed by atoms with E-state index in [4.69, 9.17) is 4.52 Å². The van der Waals surface area contributed by atoms with Crippen molar-refractivity contribution < 1.29 is 14.1 Å². The summed E-state index contributed by atoms with van der Waals surface area (Å²) in [4.78, 5) is 33.3. The molecule has 2 N–H and O–H groups in total. The molecule has 0 bridgehead atoms. The largest absolute Gasteiger partial charge is 0.369 e. The number of carbonyl (C=O) groups excluding carboxylic acids is 2. The molecule has 0 aliphatic carbocycles. The minimum atomic E-state index is -0.305. The number of benzene rings is 2. The van der Waals surface area contributed by atoms with E-state index in [2.05, 4.69) is 68.9 Å². The minimum Gasteiger partial charge on any atom is -0.369 e. The second-order valence-electron chi connectivity index (χ2n) is 9.30.